The highest BCUT2D eigenvalue weighted by atomic mass is 16.5. The first-order valence-corrected chi connectivity index (χ1v) is 11.4. The molecule has 2 amide bonds. The van der Waals surface area contributed by atoms with E-state index in [4.69, 9.17) is 10.5 Å². The van der Waals surface area contributed by atoms with Gasteiger partial charge in [-0.3, -0.25) is 9.59 Å². The first-order valence-electron chi connectivity index (χ1n) is 11.4. The summed E-state index contributed by atoms with van der Waals surface area (Å²) in [4.78, 5) is 46.6. The molecule has 1 aromatic heterocycles. The zero-order valence-electron chi connectivity index (χ0n) is 19.5. The van der Waals surface area contributed by atoms with Crippen molar-refractivity contribution in [1.82, 2.24) is 14.9 Å². The number of anilines is 3. The van der Waals surface area contributed by atoms with Crippen LogP contribution in [0, 0.1) is 0 Å². The summed E-state index contributed by atoms with van der Waals surface area (Å²) in [5.41, 5.74) is 7.16. The first kappa shape index (κ1) is 24.4. The number of hydrogen-bond donors (Lipinski definition) is 3. The number of esters is 1. The maximum Gasteiger partial charge on any atom is 0.338 e. The molecule has 2 aromatic carbocycles. The van der Waals surface area contributed by atoms with Crippen LogP contribution in [0.25, 0.3) is 0 Å². The molecular weight excluding hydrogens is 460 g/mol. The summed E-state index contributed by atoms with van der Waals surface area (Å²) < 4.78 is 5.40. The molecule has 1 saturated heterocycles. The molecule has 4 N–H and O–H groups in total. The van der Waals surface area contributed by atoms with Crippen LogP contribution in [0.4, 0.5) is 17.3 Å². The van der Waals surface area contributed by atoms with E-state index >= 15 is 0 Å². The van der Waals surface area contributed by atoms with E-state index in [1.807, 2.05) is 30.3 Å². The van der Waals surface area contributed by atoms with Crippen molar-refractivity contribution in [2.75, 3.05) is 23.7 Å². The van der Waals surface area contributed by atoms with Crippen molar-refractivity contribution in [3.05, 3.63) is 90.3 Å². The largest absolute Gasteiger partial charge is 0.457 e. The van der Waals surface area contributed by atoms with Gasteiger partial charge in [0.05, 0.1) is 11.8 Å². The number of hydrogen-bond acceptors (Lipinski definition) is 8. The molecule has 184 valence electrons. The zero-order valence-corrected chi connectivity index (χ0v) is 19.5. The van der Waals surface area contributed by atoms with E-state index in [1.165, 1.54) is 12.3 Å². The Kier molecular flexibility index (Phi) is 7.54. The molecule has 0 radical (unpaired) electrons. The predicted molar refractivity (Wildman–Crippen MR) is 135 cm³/mol. The van der Waals surface area contributed by atoms with Crippen molar-refractivity contribution in [3.63, 3.8) is 0 Å². The number of primary amides is 1. The molecule has 36 heavy (non-hydrogen) atoms. The summed E-state index contributed by atoms with van der Waals surface area (Å²) in [7, 11) is 0. The van der Waals surface area contributed by atoms with Crippen molar-refractivity contribution in [2.24, 2.45) is 5.73 Å². The molecular formula is C26H26N6O4. The summed E-state index contributed by atoms with van der Waals surface area (Å²) in [5, 5.41) is 6.26. The van der Waals surface area contributed by atoms with Crippen LogP contribution in [0.3, 0.4) is 0 Å². The summed E-state index contributed by atoms with van der Waals surface area (Å²) in [6.45, 7) is 4.77. The quantitative estimate of drug-likeness (QED) is 0.310. The molecule has 10 heteroatoms. The number of carbonyl (C=O) groups is 3. The second-order valence-corrected chi connectivity index (χ2v) is 8.20. The Labute approximate surface area is 208 Å². The molecule has 0 bridgehead atoms. The van der Waals surface area contributed by atoms with Crippen LogP contribution in [0.5, 0.6) is 0 Å². The SMILES string of the molecule is C=CC(=O)N1CC[C@@H](Nc2cnc(C(N)=O)c(Nc3cccc(C(=O)OCc4ccccc4)c3)n2)C1. The van der Waals surface area contributed by atoms with Crippen molar-refractivity contribution >= 4 is 35.1 Å². The van der Waals surface area contributed by atoms with Crippen molar-refractivity contribution in [2.45, 2.75) is 19.1 Å². The Morgan fingerprint density at radius 1 is 1.17 bits per heavy atom. The average Bonchev–Trinajstić information content (AvgIpc) is 3.36. The number of nitrogens with one attached hydrogen (secondary N) is 2. The number of carbonyl (C=O) groups excluding carboxylic acids is 3. The van der Waals surface area contributed by atoms with E-state index in [0.29, 0.717) is 30.2 Å². The summed E-state index contributed by atoms with van der Waals surface area (Å²) in [6.07, 6.45) is 3.44. The number of nitrogens with two attached hydrogens (primary N) is 1. The maximum atomic E-state index is 12.5. The zero-order chi connectivity index (χ0) is 25.5. The predicted octanol–water partition coefficient (Wildman–Crippen LogP) is 2.87. The van der Waals surface area contributed by atoms with Gasteiger partial charge in [0.15, 0.2) is 11.5 Å². The third kappa shape index (κ3) is 6.03. The summed E-state index contributed by atoms with van der Waals surface area (Å²) >= 11 is 0. The van der Waals surface area contributed by atoms with Crippen LogP contribution in [0.1, 0.15) is 32.8 Å². The van der Waals surface area contributed by atoms with Gasteiger partial charge >= 0.3 is 5.97 Å². The Bertz CT molecular complexity index is 1280. The Hall–Kier alpha value is -4.73. The monoisotopic (exact) mass is 486 g/mol. The normalized spacial score (nSPS) is 14.7. The van der Waals surface area contributed by atoms with Gasteiger partial charge in [0.1, 0.15) is 12.4 Å². The summed E-state index contributed by atoms with van der Waals surface area (Å²) in [6, 6.07) is 16.0. The lowest BCUT2D eigenvalue weighted by Crippen LogP contribution is -2.30. The molecule has 1 fully saturated rings. The van der Waals surface area contributed by atoms with Gasteiger partial charge in [-0.25, -0.2) is 14.8 Å². The number of aromatic nitrogens is 2. The molecule has 3 aromatic rings. The number of nitrogens with zero attached hydrogens (tertiary/aromatic N) is 3. The van der Waals surface area contributed by atoms with Gasteiger partial charge in [0.25, 0.3) is 5.91 Å². The number of benzene rings is 2. The summed E-state index contributed by atoms with van der Waals surface area (Å²) in [5.74, 6) is -0.810. The Morgan fingerprint density at radius 3 is 2.72 bits per heavy atom. The smallest absolute Gasteiger partial charge is 0.338 e. The van der Waals surface area contributed by atoms with Gasteiger partial charge in [-0.15, -0.1) is 0 Å². The number of rotatable bonds is 9. The Balaban J connectivity index is 1.47. The van der Waals surface area contributed by atoms with Crippen LogP contribution in [-0.2, 0) is 16.1 Å². The van der Waals surface area contributed by atoms with Crippen LogP contribution < -0.4 is 16.4 Å². The second-order valence-electron chi connectivity index (χ2n) is 8.20. The van der Waals surface area contributed by atoms with Gasteiger partial charge in [-0.1, -0.05) is 43.0 Å². The van der Waals surface area contributed by atoms with Gasteiger partial charge in [0.2, 0.25) is 5.91 Å². The highest BCUT2D eigenvalue weighted by Crippen LogP contribution is 2.22. The molecule has 1 aliphatic rings. The van der Waals surface area contributed by atoms with E-state index in [-0.39, 0.29) is 30.1 Å². The third-order valence-corrected chi connectivity index (χ3v) is 5.61. The molecule has 0 saturated carbocycles. The fourth-order valence-electron chi connectivity index (χ4n) is 3.81. The van der Waals surface area contributed by atoms with Crippen molar-refractivity contribution in [3.8, 4) is 0 Å². The van der Waals surface area contributed by atoms with Gasteiger partial charge in [0, 0.05) is 24.8 Å². The number of likely N-dealkylation sites (tertiary alicyclic amines) is 1. The second kappa shape index (κ2) is 11.1. The van der Waals surface area contributed by atoms with Crippen LogP contribution >= 0.6 is 0 Å². The van der Waals surface area contributed by atoms with Crippen molar-refractivity contribution < 1.29 is 19.1 Å². The molecule has 4 rings (SSSR count). The van der Waals surface area contributed by atoms with Crippen molar-refractivity contribution in [1.29, 1.82) is 0 Å². The molecule has 0 unspecified atom stereocenters. The van der Waals surface area contributed by atoms with Crippen LogP contribution in [0.2, 0.25) is 0 Å². The van der Waals surface area contributed by atoms with Crippen LogP contribution in [0.15, 0.2) is 73.4 Å². The highest BCUT2D eigenvalue weighted by Gasteiger charge is 2.25. The van der Waals surface area contributed by atoms with E-state index in [0.717, 1.165) is 12.0 Å². The molecule has 10 nitrogen and oxygen atoms in total. The minimum absolute atomic E-state index is 0.0295. The molecule has 1 atom stereocenters. The minimum Gasteiger partial charge on any atom is -0.457 e. The lowest BCUT2D eigenvalue weighted by molar-refractivity contribution is -0.125. The van der Waals surface area contributed by atoms with E-state index < -0.39 is 11.9 Å². The maximum absolute atomic E-state index is 12.5. The molecule has 0 spiro atoms. The Morgan fingerprint density at radius 2 is 1.97 bits per heavy atom. The van der Waals surface area contributed by atoms with E-state index in [9.17, 15) is 14.4 Å². The lowest BCUT2D eigenvalue weighted by atomic mass is 10.2. The molecule has 2 heterocycles. The number of ether oxygens (including phenoxy) is 1. The minimum atomic E-state index is -0.751. The molecule has 1 aliphatic heterocycles. The molecule has 0 aliphatic carbocycles. The van der Waals surface area contributed by atoms with Gasteiger partial charge in [-0.2, -0.15) is 0 Å². The van der Waals surface area contributed by atoms with E-state index in [1.54, 1.807) is 29.2 Å². The van der Waals surface area contributed by atoms with E-state index in [2.05, 4.69) is 27.2 Å². The topological polar surface area (TPSA) is 140 Å². The van der Waals surface area contributed by atoms with Gasteiger partial charge in [-0.05, 0) is 36.3 Å². The first-order chi connectivity index (χ1) is 17.4. The standard InChI is InChI=1S/C26H26N6O4/c1-2-22(33)32-12-11-20(15-32)29-21-14-28-23(24(27)34)25(31-21)30-19-10-6-9-18(13-19)26(35)36-16-17-7-4-3-5-8-17/h2-10,13-14,20H,1,11-12,15-16H2,(H2,27,34)(H2,29,30,31)/t20-/m1/s1. The average molecular weight is 487 g/mol. The van der Waals surface area contributed by atoms with Crippen LogP contribution in [-0.4, -0.2) is 51.8 Å². The highest BCUT2D eigenvalue weighted by molar-refractivity contribution is 5.97. The lowest BCUT2D eigenvalue weighted by Gasteiger charge is -2.17. The fourth-order valence-corrected chi connectivity index (χ4v) is 3.81. The number of amides is 2. The fraction of sp³-hybridized carbons (Fsp3) is 0.192. The third-order valence-electron chi connectivity index (χ3n) is 5.61. The van der Waals surface area contributed by atoms with Gasteiger partial charge < -0.3 is 26.0 Å².